The van der Waals surface area contributed by atoms with Crippen molar-refractivity contribution in [3.8, 4) is 11.4 Å². The van der Waals surface area contributed by atoms with E-state index in [1.165, 1.54) is 55.6 Å². The van der Waals surface area contributed by atoms with Gasteiger partial charge in [0, 0.05) is 33.7 Å². The molecule has 0 fully saturated rings. The van der Waals surface area contributed by atoms with E-state index in [0.717, 1.165) is 65.4 Å². The van der Waals surface area contributed by atoms with E-state index in [9.17, 15) is 0 Å². The molecular formula is C37H30N4O. The van der Waals surface area contributed by atoms with Crippen molar-refractivity contribution in [2.24, 2.45) is 5.92 Å². The first-order valence-corrected chi connectivity index (χ1v) is 15.2. The van der Waals surface area contributed by atoms with Crippen LogP contribution in [0.4, 0.5) is 0 Å². The molecule has 42 heavy (non-hydrogen) atoms. The van der Waals surface area contributed by atoms with Gasteiger partial charge in [0.05, 0.1) is 22.6 Å². The third-order valence-corrected chi connectivity index (χ3v) is 10.3. The Morgan fingerprint density at radius 2 is 1.62 bits per heavy atom. The summed E-state index contributed by atoms with van der Waals surface area (Å²) in [5.41, 5.74) is 14.2. The summed E-state index contributed by atoms with van der Waals surface area (Å²) in [4.78, 5) is 10.2. The van der Waals surface area contributed by atoms with Crippen LogP contribution in [0.25, 0.3) is 38.6 Å². The normalized spacial score (nSPS) is 19.7. The van der Waals surface area contributed by atoms with Gasteiger partial charge in [0.2, 0.25) is 0 Å². The number of ether oxygens (including phenoxy) is 1. The third kappa shape index (κ3) is 2.79. The Kier molecular flexibility index (Phi) is 4.27. The zero-order valence-electron chi connectivity index (χ0n) is 24.0. The van der Waals surface area contributed by atoms with Crippen LogP contribution in [-0.4, -0.2) is 18.9 Å². The van der Waals surface area contributed by atoms with Crippen LogP contribution >= 0.6 is 0 Å². The molecule has 2 atom stereocenters. The molecule has 0 bridgehead atoms. The van der Waals surface area contributed by atoms with Crippen LogP contribution in [0.3, 0.4) is 0 Å². The number of fused-ring (bicyclic) bond motifs is 6. The van der Waals surface area contributed by atoms with Crippen molar-refractivity contribution in [3.05, 3.63) is 118 Å². The maximum atomic E-state index is 6.71. The van der Waals surface area contributed by atoms with Gasteiger partial charge in [-0.3, -0.25) is 8.97 Å². The van der Waals surface area contributed by atoms with Gasteiger partial charge in [-0.25, -0.2) is 9.97 Å². The molecule has 204 valence electrons. The summed E-state index contributed by atoms with van der Waals surface area (Å²) in [5, 5.41) is 3.66. The summed E-state index contributed by atoms with van der Waals surface area (Å²) in [6, 6.07) is 20.1. The van der Waals surface area contributed by atoms with Crippen molar-refractivity contribution in [2.75, 3.05) is 0 Å². The number of aryl methyl sites for hydroxylation is 5. The Bertz CT molecular complexity index is 2280. The summed E-state index contributed by atoms with van der Waals surface area (Å²) in [7, 11) is 0. The zero-order chi connectivity index (χ0) is 27.9. The Labute approximate surface area is 243 Å². The van der Waals surface area contributed by atoms with Gasteiger partial charge >= 0.3 is 0 Å². The van der Waals surface area contributed by atoms with Crippen LogP contribution in [0.1, 0.15) is 58.1 Å². The molecular weight excluding hydrogens is 516 g/mol. The highest BCUT2D eigenvalue weighted by Gasteiger charge is 2.39. The molecule has 0 saturated heterocycles. The second kappa shape index (κ2) is 7.80. The highest BCUT2D eigenvalue weighted by molar-refractivity contribution is 6.13. The predicted octanol–water partition coefficient (Wildman–Crippen LogP) is 7.73. The minimum atomic E-state index is 0.279. The van der Waals surface area contributed by atoms with E-state index in [4.69, 9.17) is 14.7 Å². The maximum Gasteiger partial charge on any atom is 0.145 e. The van der Waals surface area contributed by atoms with E-state index in [-0.39, 0.29) is 11.8 Å². The van der Waals surface area contributed by atoms with Crippen molar-refractivity contribution in [3.63, 3.8) is 0 Å². The smallest absolute Gasteiger partial charge is 0.145 e. The van der Waals surface area contributed by atoms with Crippen LogP contribution in [0.2, 0.25) is 0 Å². The number of benzene rings is 3. The monoisotopic (exact) mass is 546 g/mol. The molecule has 6 heterocycles. The van der Waals surface area contributed by atoms with Gasteiger partial charge in [0.25, 0.3) is 0 Å². The number of para-hydroxylation sites is 2. The highest BCUT2D eigenvalue weighted by Crippen LogP contribution is 2.51. The van der Waals surface area contributed by atoms with E-state index in [1.807, 2.05) is 0 Å². The first kappa shape index (κ1) is 23.0. The van der Waals surface area contributed by atoms with Gasteiger partial charge < -0.3 is 4.74 Å². The minimum absolute atomic E-state index is 0.279. The Morgan fingerprint density at radius 3 is 2.55 bits per heavy atom. The molecule has 0 radical (unpaired) electrons. The van der Waals surface area contributed by atoms with Gasteiger partial charge in [-0.1, -0.05) is 43.3 Å². The minimum Gasteiger partial charge on any atom is -0.458 e. The van der Waals surface area contributed by atoms with E-state index in [1.54, 1.807) is 0 Å². The lowest BCUT2D eigenvalue weighted by Crippen LogP contribution is -2.27. The van der Waals surface area contributed by atoms with Gasteiger partial charge in [0.15, 0.2) is 0 Å². The molecule has 5 nitrogen and oxygen atoms in total. The van der Waals surface area contributed by atoms with Gasteiger partial charge in [0.1, 0.15) is 23.0 Å². The second-order valence-corrected chi connectivity index (χ2v) is 12.6. The van der Waals surface area contributed by atoms with Crippen molar-refractivity contribution in [2.45, 2.75) is 52.4 Å². The van der Waals surface area contributed by atoms with Crippen molar-refractivity contribution in [1.82, 2.24) is 18.9 Å². The lowest BCUT2D eigenvalue weighted by atomic mass is 9.74. The van der Waals surface area contributed by atoms with Crippen LogP contribution in [-0.2, 0) is 25.7 Å². The van der Waals surface area contributed by atoms with Crippen LogP contribution in [0.5, 0.6) is 5.75 Å². The number of pyridine rings is 1. The van der Waals surface area contributed by atoms with Crippen molar-refractivity contribution < 1.29 is 4.74 Å². The number of imidazole rings is 2. The summed E-state index contributed by atoms with van der Waals surface area (Å²) in [6.45, 7) is 6.62. The lowest BCUT2D eigenvalue weighted by molar-refractivity contribution is 0.429. The lowest BCUT2D eigenvalue weighted by Gasteiger charge is -2.37. The largest absolute Gasteiger partial charge is 0.458 e. The van der Waals surface area contributed by atoms with Gasteiger partial charge in [-0.2, -0.15) is 0 Å². The molecule has 5 heteroatoms. The quantitative estimate of drug-likeness (QED) is 0.209. The molecule has 3 aliphatic heterocycles. The summed E-state index contributed by atoms with van der Waals surface area (Å²) < 4.78 is 11.6. The van der Waals surface area contributed by atoms with Crippen molar-refractivity contribution in [1.29, 1.82) is 0 Å². The summed E-state index contributed by atoms with van der Waals surface area (Å²) in [6.07, 6.45) is 8.76. The third-order valence-electron chi connectivity index (χ3n) is 10.3. The van der Waals surface area contributed by atoms with Crippen LogP contribution in [0, 0.1) is 19.8 Å². The number of aromatic nitrogens is 4. The average Bonchev–Trinajstić information content (AvgIpc) is 3.53. The average molecular weight is 547 g/mol. The highest BCUT2D eigenvalue weighted by atomic mass is 16.5. The van der Waals surface area contributed by atoms with E-state index in [0.29, 0.717) is 0 Å². The fourth-order valence-corrected chi connectivity index (χ4v) is 8.48. The molecule has 6 aromatic rings. The molecule has 4 aliphatic rings. The maximum absolute atomic E-state index is 6.71. The molecule has 10 rings (SSSR count). The fourth-order valence-electron chi connectivity index (χ4n) is 8.48. The first-order valence-electron chi connectivity index (χ1n) is 15.2. The SMILES string of the molecule is Cc1nc2n3c1CCc1cccc(c1-3)C1C2=CC(Oc2ccc3c(c2)c2nc(C)c4n2c2c(cccc32)CC4)=CC1C. The number of nitrogens with zero attached hydrogens (tertiary/aromatic N) is 4. The van der Waals surface area contributed by atoms with E-state index in [2.05, 4.69) is 96.5 Å². The predicted molar refractivity (Wildman–Crippen MR) is 167 cm³/mol. The van der Waals surface area contributed by atoms with Crippen molar-refractivity contribution >= 4 is 32.9 Å². The Morgan fingerprint density at radius 1 is 0.810 bits per heavy atom. The summed E-state index contributed by atoms with van der Waals surface area (Å²) >= 11 is 0. The van der Waals surface area contributed by atoms with E-state index >= 15 is 0 Å². The van der Waals surface area contributed by atoms with Gasteiger partial charge in [-0.15, -0.1) is 0 Å². The Balaban J connectivity index is 1.12. The molecule has 0 saturated carbocycles. The summed E-state index contributed by atoms with van der Waals surface area (Å²) in [5.74, 6) is 3.38. The second-order valence-electron chi connectivity index (χ2n) is 12.6. The molecule has 0 spiro atoms. The zero-order valence-corrected chi connectivity index (χ0v) is 24.0. The van der Waals surface area contributed by atoms with Crippen LogP contribution in [0.15, 0.2) is 72.5 Å². The van der Waals surface area contributed by atoms with Crippen LogP contribution < -0.4 is 4.74 Å². The first-order chi connectivity index (χ1) is 20.5. The van der Waals surface area contributed by atoms with E-state index < -0.39 is 0 Å². The van der Waals surface area contributed by atoms with Gasteiger partial charge in [-0.05, 0) is 97.9 Å². The molecule has 2 unspecified atom stereocenters. The molecule has 0 amide bonds. The number of rotatable bonds is 2. The fraction of sp³-hybridized carbons (Fsp3) is 0.243. The number of hydrogen-bond acceptors (Lipinski definition) is 3. The number of hydrogen-bond donors (Lipinski definition) is 0. The molecule has 3 aromatic heterocycles. The molecule has 1 aliphatic carbocycles. The molecule has 3 aromatic carbocycles. The number of allylic oxidation sites excluding steroid dienone is 3. The standard InChI is InChI=1S/C37H30N4O/c1-19-16-25(18-30-33(19)28-9-5-7-23-11-15-32-21(3)39-37(30)41(32)35(23)28)42-24-12-13-26-27-8-4-6-22-10-14-31-20(2)38-36(29(26)17-24)40(31)34(22)27/h4-9,12-13,16-19,33H,10-11,14-15H2,1-3H3. The molecule has 0 N–H and O–H groups in total. The topological polar surface area (TPSA) is 44.3 Å². The Hall–Kier alpha value is -4.64.